The van der Waals surface area contributed by atoms with E-state index in [1.807, 2.05) is 0 Å². The minimum atomic E-state index is 0.270. The molecule has 0 aliphatic heterocycles. The highest BCUT2D eigenvalue weighted by atomic mass is 35.5. The van der Waals surface area contributed by atoms with Gasteiger partial charge >= 0.3 is 0 Å². The summed E-state index contributed by atoms with van der Waals surface area (Å²) < 4.78 is 0. The fourth-order valence-electron chi connectivity index (χ4n) is 1.25. The monoisotopic (exact) mass is 299 g/mol. The highest BCUT2D eigenvalue weighted by Crippen LogP contribution is 2.37. The van der Waals surface area contributed by atoms with Crippen molar-refractivity contribution in [3.05, 3.63) is 51.5 Å². The van der Waals surface area contributed by atoms with E-state index in [1.54, 1.807) is 36.4 Å². The van der Waals surface area contributed by atoms with E-state index in [0.29, 0.717) is 22.1 Å². The Hall–Kier alpha value is -1.29. The fourth-order valence-corrected chi connectivity index (χ4v) is 1.81. The molecule has 0 aromatic heterocycles. The minimum absolute atomic E-state index is 0.270. The number of halogens is 3. The lowest BCUT2D eigenvalue weighted by molar-refractivity contribution is 1.23. The predicted molar refractivity (Wildman–Crippen MR) is 76.5 cm³/mol. The molecule has 0 bridgehead atoms. The van der Waals surface area contributed by atoms with Crippen LogP contribution >= 0.6 is 34.8 Å². The van der Waals surface area contributed by atoms with Crippen LogP contribution in [0.25, 0.3) is 0 Å². The first-order chi connectivity index (χ1) is 8.58. The highest BCUT2D eigenvalue weighted by Gasteiger charge is 2.07. The minimum Gasteiger partial charge on any atom is -0.399 e. The quantitative estimate of drug-likeness (QED) is 0.435. The molecule has 0 unspecified atom stereocenters. The first-order valence-electron chi connectivity index (χ1n) is 4.98. The van der Waals surface area contributed by atoms with Gasteiger partial charge in [0.2, 0.25) is 0 Å². The van der Waals surface area contributed by atoms with Crippen LogP contribution in [0.5, 0.6) is 0 Å². The van der Waals surface area contributed by atoms with Gasteiger partial charge in [-0.15, -0.1) is 5.11 Å². The molecule has 2 aromatic carbocycles. The molecule has 0 atom stereocenters. The molecule has 0 saturated heterocycles. The van der Waals surface area contributed by atoms with Crippen LogP contribution in [-0.2, 0) is 0 Å². The zero-order valence-electron chi connectivity index (χ0n) is 9.07. The Morgan fingerprint density at radius 2 is 1.44 bits per heavy atom. The van der Waals surface area contributed by atoms with E-state index in [2.05, 4.69) is 10.2 Å². The van der Waals surface area contributed by atoms with Crippen LogP contribution in [0.2, 0.25) is 15.1 Å². The summed E-state index contributed by atoms with van der Waals surface area (Å²) in [6.45, 7) is 0. The molecule has 3 nitrogen and oxygen atoms in total. The summed E-state index contributed by atoms with van der Waals surface area (Å²) in [6, 6.07) is 10.3. The maximum Gasteiger partial charge on any atom is 0.106 e. The molecule has 2 N–H and O–H groups in total. The van der Waals surface area contributed by atoms with E-state index in [4.69, 9.17) is 40.5 Å². The molecule has 2 rings (SSSR count). The number of hydrogen-bond donors (Lipinski definition) is 1. The molecule has 0 heterocycles. The van der Waals surface area contributed by atoms with E-state index >= 15 is 0 Å². The van der Waals surface area contributed by atoms with Gasteiger partial charge in [-0.2, -0.15) is 5.11 Å². The smallest absolute Gasteiger partial charge is 0.106 e. The van der Waals surface area contributed by atoms with Gasteiger partial charge in [-0.3, -0.25) is 0 Å². The first kappa shape index (κ1) is 13.1. The molecule has 0 radical (unpaired) electrons. The van der Waals surface area contributed by atoms with Gasteiger partial charge in [0, 0.05) is 5.69 Å². The Bertz CT molecular complexity index is 594. The summed E-state index contributed by atoms with van der Waals surface area (Å²) in [5.41, 5.74) is 7.37. The molecular formula is C12H8Cl3N3. The van der Waals surface area contributed by atoms with Crippen molar-refractivity contribution in [2.75, 3.05) is 5.73 Å². The van der Waals surface area contributed by atoms with Crippen molar-refractivity contribution in [2.45, 2.75) is 0 Å². The van der Waals surface area contributed by atoms with Crippen LogP contribution in [0, 0.1) is 0 Å². The predicted octanol–water partition coefficient (Wildman–Crippen LogP) is 5.64. The number of benzene rings is 2. The molecule has 0 spiro atoms. The van der Waals surface area contributed by atoms with Gasteiger partial charge in [0.05, 0.1) is 20.8 Å². The lowest BCUT2D eigenvalue weighted by Gasteiger charge is -2.01. The fraction of sp³-hybridized carbons (Fsp3) is 0. The van der Waals surface area contributed by atoms with Gasteiger partial charge in [0.1, 0.15) is 5.69 Å². The van der Waals surface area contributed by atoms with Crippen molar-refractivity contribution in [3.63, 3.8) is 0 Å². The Kier molecular flexibility index (Phi) is 4.07. The van der Waals surface area contributed by atoms with Crippen LogP contribution in [-0.4, -0.2) is 0 Å². The summed E-state index contributed by atoms with van der Waals surface area (Å²) in [4.78, 5) is 0. The summed E-state index contributed by atoms with van der Waals surface area (Å²) in [5.74, 6) is 0. The van der Waals surface area contributed by atoms with Crippen LogP contribution < -0.4 is 5.73 Å². The standard InChI is InChI=1S/C12H8Cl3N3/c13-9-5-6-10(12(15)11(9)14)18-17-8-3-1-7(16)2-4-8/h1-6H,16H2/b18-17+. The molecule has 2 aromatic rings. The summed E-state index contributed by atoms with van der Waals surface area (Å²) in [6.07, 6.45) is 0. The molecule has 0 fully saturated rings. The highest BCUT2D eigenvalue weighted by molar-refractivity contribution is 6.49. The normalized spacial score (nSPS) is 11.1. The van der Waals surface area contributed by atoms with E-state index < -0.39 is 0 Å². The number of nitrogens with zero attached hydrogens (tertiary/aromatic N) is 2. The van der Waals surface area contributed by atoms with Crippen molar-refractivity contribution in [1.82, 2.24) is 0 Å². The summed E-state index contributed by atoms with van der Waals surface area (Å²) >= 11 is 17.7. The molecule has 0 saturated carbocycles. The number of nitrogen functional groups attached to an aromatic ring is 1. The second kappa shape index (κ2) is 5.57. The Labute approximate surface area is 119 Å². The number of hydrogen-bond acceptors (Lipinski definition) is 3. The maximum absolute atomic E-state index is 6.00. The third-order valence-corrected chi connectivity index (χ3v) is 3.46. The van der Waals surface area contributed by atoms with Crippen molar-refractivity contribution in [3.8, 4) is 0 Å². The maximum atomic E-state index is 6.00. The third kappa shape index (κ3) is 2.93. The van der Waals surface area contributed by atoms with Crippen molar-refractivity contribution in [1.29, 1.82) is 0 Å². The second-order valence-corrected chi connectivity index (χ2v) is 4.65. The molecule has 18 heavy (non-hydrogen) atoms. The average Bonchev–Trinajstić information content (AvgIpc) is 2.37. The number of azo groups is 1. The van der Waals surface area contributed by atoms with Gasteiger partial charge in [-0.05, 0) is 36.4 Å². The molecule has 0 aliphatic rings. The van der Waals surface area contributed by atoms with E-state index in [0.717, 1.165) is 0 Å². The topological polar surface area (TPSA) is 50.7 Å². The Balaban J connectivity index is 2.29. The van der Waals surface area contributed by atoms with Crippen molar-refractivity contribution in [2.24, 2.45) is 10.2 Å². The van der Waals surface area contributed by atoms with Gasteiger partial charge in [-0.1, -0.05) is 34.8 Å². The number of anilines is 1. The van der Waals surface area contributed by atoms with E-state index in [9.17, 15) is 0 Å². The Morgan fingerprint density at radius 1 is 0.778 bits per heavy atom. The zero-order valence-corrected chi connectivity index (χ0v) is 11.3. The average molecular weight is 301 g/mol. The first-order valence-corrected chi connectivity index (χ1v) is 6.12. The Morgan fingerprint density at radius 3 is 2.11 bits per heavy atom. The zero-order chi connectivity index (χ0) is 13.1. The van der Waals surface area contributed by atoms with Gasteiger partial charge in [0.15, 0.2) is 0 Å². The second-order valence-electron chi connectivity index (χ2n) is 3.49. The van der Waals surface area contributed by atoms with Crippen molar-refractivity contribution < 1.29 is 0 Å². The van der Waals surface area contributed by atoms with Crippen LogP contribution in [0.1, 0.15) is 0 Å². The van der Waals surface area contributed by atoms with E-state index in [1.165, 1.54) is 0 Å². The third-order valence-electron chi connectivity index (χ3n) is 2.18. The molecule has 0 aliphatic carbocycles. The molecule has 92 valence electrons. The lowest BCUT2D eigenvalue weighted by atomic mass is 10.3. The van der Waals surface area contributed by atoms with Gasteiger partial charge < -0.3 is 5.73 Å². The number of rotatable bonds is 2. The molecular weight excluding hydrogens is 293 g/mol. The largest absolute Gasteiger partial charge is 0.399 e. The van der Waals surface area contributed by atoms with Crippen LogP contribution in [0.15, 0.2) is 46.6 Å². The van der Waals surface area contributed by atoms with Crippen molar-refractivity contribution >= 4 is 51.9 Å². The molecule has 6 heteroatoms. The van der Waals surface area contributed by atoms with E-state index in [-0.39, 0.29) is 10.0 Å². The van der Waals surface area contributed by atoms with Crippen LogP contribution in [0.3, 0.4) is 0 Å². The number of nitrogens with two attached hydrogens (primary N) is 1. The van der Waals surface area contributed by atoms with Crippen LogP contribution in [0.4, 0.5) is 17.1 Å². The van der Waals surface area contributed by atoms with Gasteiger partial charge in [0.25, 0.3) is 0 Å². The lowest BCUT2D eigenvalue weighted by Crippen LogP contribution is -1.80. The van der Waals surface area contributed by atoms with Gasteiger partial charge in [-0.25, -0.2) is 0 Å². The summed E-state index contributed by atoms with van der Waals surface area (Å²) in [5, 5.41) is 8.98. The molecule has 0 amide bonds. The summed E-state index contributed by atoms with van der Waals surface area (Å²) in [7, 11) is 0. The SMILES string of the molecule is Nc1ccc(/N=N/c2ccc(Cl)c(Cl)c2Cl)cc1.